The van der Waals surface area contributed by atoms with Crippen LogP contribution in [0.3, 0.4) is 0 Å². The lowest BCUT2D eigenvalue weighted by molar-refractivity contribution is -0.143. The second-order valence-corrected chi connectivity index (χ2v) is 9.63. The van der Waals surface area contributed by atoms with Gasteiger partial charge in [-0.2, -0.15) is 0 Å². The highest BCUT2D eigenvalue weighted by Crippen LogP contribution is 2.39. The van der Waals surface area contributed by atoms with E-state index in [4.69, 9.17) is 0 Å². The molecule has 2 amide bonds. The minimum Gasteiger partial charge on any atom is -0.342 e. The predicted molar refractivity (Wildman–Crippen MR) is 112 cm³/mol. The van der Waals surface area contributed by atoms with Crippen molar-refractivity contribution < 1.29 is 9.59 Å². The van der Waals surface area contributed by atoms with Gasteiger partial charge >= 0.3 is 0 Å². The molecule has 3 fully saturated rings. The van der Waals surface area contributed by atoms with Crippen molar-refractivity contribution in [1.29, 1.82) is 0 Å². The Bertz CT molecular complexity index is 545. The van der Waals surface area contributed by atoms with E-state index < -0.39 is 0 Å². The average Bonchev–Trinajstić information content (AvgIpc) is 2.69. The van der Waals surface area contributed by atoms with E-state index in [-0.39, 0.29) is 11.3 Å². The first-order chi connectivity index (χ1) is 13.4. The van der Waals surface area contributed by atoms with Crippen molar-refractivity contribution in [3.05, 3.63) is 0 Å². The number of piperazine rings is 1. The maximum Gasteiger partial charge on any atom is 0.236 e. The van der Waals surface area contributed by atoms with Gasteiger partial charge in [-0.25, -0.2) is 0 Å². The molecule has 3 aliphatic heterocycles. The lowest BCUT2D eigenvalue weighted by Crippen LogP contribution is -2.57. The smallest absolute Gasteiger partial charge is 0.236 e. The van der Waals surface area contributed by atoms with Crippen molar-refractivity contribution >= 4 is 11.8 Å². The number of carbonyl (C=O) groups is 2. The molecule has 160 valence electrons. The van der Waals surface area contributed by atoms with E-state index >= 15 is 0 Å². The van der Waals surface area contributed by atoms with Crippen molar-refractivity contribution in [1.82, 2.24) is 19.6 Å². The van der Waals surface area contributed by atoms with E-state index in [1.54, 1.807) is 0 Å². The van der Waals surface area contributed by atoms with E-state index in [2.05, 4.69) is 40.4 Å². The Morgan fingerprint density at radius 3 is 2.43 bits per heavy atom. The molecule has 3 heterocycles. The van der Waals surface area contributed by atoms with Gasteiger partial charge in [0, 0.05) is 64.2 Å². The first-order valence-electron chi connectivity index (χ1n) is 11.4. The highest BCUT2D eigenvalue weighted by atomic mass is 16.2. The van der Waals surface area contributed by atoms with Gasteiger partial charge in [0.2, 0.25) is 11.8 Å². The molecule has 0 N–H and O–H groups in total. The number of carbonyl (C=O) groups excluding carboxylic acids is 2. The van der Waals surface area contributed by atoms with Crippen molar-refractivity contribution in [2.24, 2.45) is 11.3 Å². The maximum absolute atomic E-state index is 13.0. The molecule has 0 aliphatic carbocycles. The normalized spacial score (nSPS) is 27.8. The molecule has 1 spiro atoms. The third-order valence-corrected chi connectivity index (χ3v) is 7.01. The molecule has 0 saturated carbocycles. The topological polar surface area (TPSA) is 47.1 Å². The first kappa shape index (κ1) is 21.6. The molecule has 0 radical (unpaired) electrons. The number of hydrogen-bond donors (Lipinski definition) is 0. The molecule has 3 aliphatic rings. The fraction of sp³-hybridized carbons (Fsp3) is 0.909. The Kier molecular flexibility index (Phi) is 7.37. The lowest BCUT2D eigenvalue weighted by atomic mass is 9.73. The number of likely N-dealkylation sites (tertiary alicyclic amines) is 2. The second-order valence-electron chi connectivity index (χ2n) is 9.63. The number of amides is 2. The summed E-state index contributed by atoms with van der Waals surface area (Å²) in [6.07, 6.45) is 4.88. The molecule has 3 rings (SSSR count). The number of nitrogens with zero attached hydrogens (tertiary/aromatic N) is 4. The van der Waals surface area contributed by atoms with Gasteiger partial charge in [0.1, 0.15) is 0 Å². The Balaban J connectivity index is 1.54. The zero-order valence-electron chi connectivity index (χ0n) is 18.3. The van der Waals surface area contributed by atoms with E-state index in [9.17, 15) is 9.59 Å². The van der Waals surface area contributed by atoms with Crippen LogP contribution in [0, 0.1) is 11.3 Å². The summed E-state index contributed by atoms with van der Waals surface area (Å²) in [5, 5.41) is 0. The summed E-state index contributed by atoms with van der Waals surface area (Å²) in [7, 11) is 0. The van der Waals surface area contributed by atoms with Crippen LogP contribution in [0.1, 0.15) is 52.9 Å². The van der Waals surface area contributed by atoms with Crippen molar-refractivity contribution in [2.75, 3.05) is 65.4 Å². The number of likely N-dealkylation sites (N-methyl/N-ethyl adjacent to an activating group) is 1. The van der Waals surface area contributed by atoms with Crippen molar-refractivity contribution in [2.45, 2.75) is 52.9 Å². The molecule has 1 atom stereocenters. The zero-order chi connectivity index (χ0) is 20.1. The van der Waals surface area contributed by atoms with Gasteiger partial charge in [-0.3, -0.25) is 14.5 Å². The minimum atomic E-state index is 0.125. The van der Waals surface area contributed by atoms with Crippen molar-refractivity contribution in [3.8, 4) is 0 Å². The molecule has 3 saturated heterocycles. The van der Waals surface area contributed by atoms with Crippen LogP contribution in [-0.2, 0) is 9.59 Å². The lowest BCUT2D eigenvalue weighted by Gasteiger charge is -2.48. The van der Waals surface area contributed by atoms with Gasteiger partial charge in [-0.05, 0) is 38.1 Å². The summed E-state index contributed by atoms with van der Waals surface area (Å²) in [6, 6.07) is 0. The summed E-state index contributed by atoms with van der Waals surface area (Å²) in [4.78, 5) is 34.3. The van der Waals surface area contributed by atoms with E-state index in [1.807, 2.05) is 0 Å². The maximum atomic E-state index is 13.0. The molecule has 28 heavy (non-hydrogen) atoms. The van der Waals surface area contributed by atoms with Gasteiger partial charge in [-0.15, -0.1) is 0 Å². The standard InChI is InChI=1S/C22H40N4O2/c1-4-23-12-14-24(15-13-23)16-21(28)25-10-5-8-22(17-25)9-6-20(27)26(18-22)11-7-19(2)3/h19H,4-18H2,1-3H3. The largest absolute Gasteiger partial charge is 0.342 e. The van der Waals surface area contributed by atoms with E-state index in [1.165, 1.54) is 0 Å². The van der Waals surface area contributed by atoms with Gasteiger partial charge in [0.25, 0.3) is 0 Å². The molecule has 6 nitrogen and oxygen atoms in total. The number of piperidine rings is 2. The molecule has 1 unspecified atom stereocenters. The summed E-state index contributed by atoms with van der Waals surface area (Å²) in [5.41, 5.74) is 0.125. The molecular formula is C22H40N4O2. The number of hydrogen-bond acceptors (Lipinski definition) is 4. The third kappa shape index (κ3) is 5.47. The van der Waals surface area contributed by atoms with Gasteiger partial charge in [-0.1, -0.05) is 20.8 Å². The Labute approximate surface area is 171 Å². The Hall–Kier alpha value is -1.14. The number of rotatable bonds is 6. The minimum absolute atomic E-state index is 0.125. The predicted octanol–water partition coefficient (Wildman–Crippen LogP) is 1.90. The summed E-state index contributed by atoms with van der Waals surface area (Å²) < 4.78 is 0. The molecule has 0 aromatic heterocycles. The van der Waals surface area contributed by atoms with Crippen LogP contribution >= 0.6 is 0 Å². The van der Waals surface area contributed by atoms with Crippen LogP contribution < -0.4 is 0 Å². The van der Waals surface area contributed by atoms with Crippen LogP contribution in [0.15, 0.2) is 0 Å². The van der Waals surface area contributed by atoms with Crippen LogP contribution in [0.4, 0.5) is 0 Å². The van der Waals surface area contributed by atoms with Gasteiger partial charge in [0.15, 0.2) is 0 Å². The second kappa shape index (κ2) is 9.57. The van der Waals surface area contributed by atoms with Crippen LogP contribution in [0.2, 0.25) is 0 Å². The fourth-order valence-electron chi connectivity index (χ4n) is 5.03. The quantitative estimate of drug-likeness (QED) is 0.693. The molecule has 6 heteroatoms. The van der Waals surface area contributed by atoms with Crippen LogP contribution in [-0.4, -0.2) is 96.9 Å². The zero-order valence-corrected chi connectivity index (χ0v) is 18.3. The summed E-state index contributed by atoms with van der Waals surface area (Å²) in [6.45, 7) is 15.9. The average molecular weight is 393 g/mol. The van der Waals surface area contributed by atoms with Gasteiger partial charge < -0.3 is 14.7 Å². The Morgan fingerprint density at radius 2 is 1.75 bits per heavy atom. The monoisotopic (exact) mass is 392 g/mol. The highest BCUT2D eigenvalue weighted by molar-refractivity contribution is 5.79. The highest BCUT2D eigenvalue weighted by Gasteiger charge is 2.42. The van der Waals surface area contributed by atoms with Crippen molar-refractivity contribution in [3.63, 3.8) is 0 Å². The van der Waals surface area contributed by atoms with Gasteiger partial charge in [0.05, 0.1) is 6.54 Å². The Morgan fingerprint density at radius 1 is 1.04 bits per heavy atom. The van der Waals surface area contributed by atoms with E-state index in [0.29, 0.717) is 24.8 Å². The summed E-state index contributed by atoms with van der Waals surface area (Å²) >= 11 is 0. The molecule has 0 aromatic rings. The third-order valence-electron chi connectivity index (χ3n) is 7.01. The first-order valence-corrected chi connectivity index (χ1v) is 11.4. The molecule has 0 aromatic carbocycles. The molecule has 0 bridgehead atoms. The van der Waals surface area contributed by atoms with E-state index in [0.717, 1.165) is 84.6 Å². The SMILES string of the molecule is CCN1CCN(CC(=O)N2CCCC3(CCC(=O)N(CCC(C)C)C3)C2)CC1. The van der Waals surface area contributed by atoms with Crippen LogP contribution in [0.5, 0.6) is 0 Å². The van der Waals surface area contributed by atoms with Crippen LogP contribution in [0.25, 0.3) is 0 Å². The molecular weight excluding hydrogens is 352 g/mol. The fourth-order valence-corrected chi connectivity index (χ4v) is 5.03. The summed E-state index contributed by atoms with van der Waals surface area (Å²) in [5.74, 6) is 1.21.